The largest absolute Gasteiger partial charge is 0.394 e. The van der Waals surface area contributed by atoms with Gasteiger partial charge in [-0.15, -0.1) is 0 Å². The maximum atomic E-state index is 13.1. The van der Waals surface area contributed by atoms with Crippen LogP contribution in [0, 0.1) is 0 Å². The number of amides is 8. The molecule has 0 aromatic rings. The molecule has 0 aliphatic carbocycles. The minimum absolute atomic E-state index is 0.0756. The highest BCUT2D eigenvalue weighted by Crippen LogP contribution is 2.39. The lowest BCUT2D eigenvalue weighted by atomic mass is 9.92. The fraction of sp³-hybridized carbons (Fsp3) is 0.859. The molecule has 0 spiro atoms. The Balaban J connectivity index is 1.10. The summed E-state index contributed by atoms with van der Waals surface area (Å²) in [5, 5.41) is 220. The Morgan fingerprint density at radius 1 is 0.310 bits per heavy atom. The van der Waals surface area contributed by atoms with Gasteiger partial charge in [0.15, 0.2) is 44.0 Å². The molecule has 0 aromatic carbocycles. The third-order valence-corrected chi connectivity index (χ3v) is 19.4. The summed E-state index contributed by atoms with van der Waals surface area (Å²) in [4.78, 5) is 113. The zero-order chi connectivity index (χ0) is 84.1. The lowest BCUT2D eigenvalue weighted by molar-refractivity contribution is -0.373. The van der Waals surface area contributed by atoms with Crippen molar-refractivity contribution < 1.29 is 201 Å². The van der Waals surface area contributed by atoms with Gasteiger partial charge in [0.05, 0.1) is 52.9 Å². The molecule has 7 fully saturated rings. The Hall–Kier alpha value is -5.85. The minimum Gasteiger partial charge on any atom is -0.394 e. The van der Waals surface area contributed by atoms with E-state index in [1.807, 2.05) is 0 Å². The molecular formula is C64H106N8O41. The van der Waals surface area contributed by atoms with Crippen molar-refractivity contribution in [2.45, 2.75) is 294 Å². The third kappa shape index (κ3) is 22.9. The van der Waals surface area contributed by atoms with Crippen molar-refractivity contribution in [1.82, 2.24) is 42.5 Å². The summed E-state index contributed by atoms with van der Waals surface area (Å²) in [5.74, 6) is -6.97. The number of aliphatic hydroxyl groups excluding tert-OH is 18. The lowest BCUT2D eigenvalue weighted by Gasteiger charge is -2.52. The molecule has 113 heavy (non-hydrogen) atoms. The van der Waals surface area contributed by atoms with Crippen molar-refractivity contribution in [2.24, 2.45) is 0 Å². The molecule has 26 N–H and O–H groups in total. The number of hydrogen-bond donors (Lipinski definition) is 26. The van der Waals surface area contributed by atoms with Crippen LogP contribution in [-0.4, -0.2) is 437 Å². The SMILES string of the molecule is CC(=O)N[C@H]1[C@H](O[C@@H]([C@H](O)[C@H](C=O)NC(C)=O)[C@H](O)CO)O[C@H](CO)[C@@H](O[C@@H]2O[C@H](CO)[C@@H](O[C@@H]3O[C@H](CO)[C@@H](O[C@@H]4O[C@H](CO)[C@@H](O[C@@H]5O[C@H](CO)[C@@H](O[C@@H]6O[C@H](CO)[C@@H](O[C@@H]7O[C@H](CO)[C@@H](O)[C@H](O)[C@H]7NC(C)=O)[C@H](O)[C@H]6NC(C)=O)[C@H](O)[C@H]5NC(C)=O)[C@H](O)[C@H]4NC(C)=O)[C@H](O)[C@H]3NC(C)=O)[C@H](O)[C@H]2NC(C)=O)[C@@H]1O. The highest BCUT2D eigenvalue weighted by molar-refractivity contribution is 5.78. The lowest BCUT2D eigenvalue weighted by Crippen LogP contribution is -2.72. The van der Waals surface area contributed by atoms with Crippen molar-refractivity contribution >= 4 is 53.5 Å². The van der Waals surface area contributed by atoms with Gasteiger partial charge in [-0.3, -0.25) is 38.4 Å². The van der Waals surface area contributed by atoms with Gasteiger partial charge in [-0.2, -0.15) is 0 Å². The molecule has 7 rings (SSSR count). The third-order valence-electron chi connectivity index (χ3n) is 19.4. The predicted octanol–water partition coefficient (Wildman–Crippen LogP) is -17.5. The number of aliphatic hydroxyl groups is 18. The Labute approximate surface area is 642 Å². The highest BCUT2D eigenvalue weighted by atomic mass is 16.8. The Morgan fingerprint density at radius 2 is 0.513 bits per heavy atom. The smallest absolute Gasteiger partial charge is 0.217 e. The first-order chi connectivity index (χ1) is 53.3. The second-order valence-corrected chi connectivity index (χ2v) is 27.9. The molecule has 7 aliphatic rings. The van der Waals surface area contributed by atoms with E-state index in [-0.39, 0.29) is 6.29 Å². The van der Waals surface area contributed by atoms with Crippen LogP contribution in [0.2, 0.25) is 0 Å². The zero-order valence-electron chi connectivity index (χ0n) is 62.2. The summed E-state index contributed by atoms with van der Waals surface area (Å²) in [6.45, 7) is -0.789. The van der Waals surface area contributed by atoms with Gasteiger partial charge in [-0.25, -0.2) is 0 Å². The summed E-state index contributed by atoms with van der Waals surface area (Å²) >= 11 is 0. The fourth-order valence-corrected chi connectivity index (χ4v) is 14.2. The molecule has 49 heteroatoms. The van der Waals surface area contributed by atoms with Crippen LogP contribution in [0.5, 0.6) is 0 Å². The van der Waals surface area contributed by atoms with E-state index in [0.29, 0.717) is 0 Å². The molecule has 0 bridgehead atoms. The number of aldehydes is 1. The molecule has 0 aromatic heterocycles. The molecule has 7 aliphatic heterocycles. The van der Waals surface area contributed by atoms with Crippen molar-refractivity contribution in [3.8, 4) is 0 Å². The quantitative estimate of drug-likeness (QED) is 0.0266. The topological polar surface area (TPSA) is 743 Å². The fourth-order valence-electron chi connectivity index (χ4n) is 14.2. The predicted molar refractivity (Wildman–Crippen MR) is 358 cm³/mol. The van der Waals surface area contributed by atoms with E-state index in [4.69, 9.17) is 66.3 Å². The van der Waals surface area contributed by atoms with Crippen LogP contribution in [0.25, 0.3) is 0 Å². The monoisotopic (exact) mass is 1640 g/mol. The summed E-state index contributed by atoms with van der Waals surface area (Å²) < 4.78 is 84.5. The molecule has 7 heterocycles. The molecule has 648 valence electrons. The Bertz CT molecular complexity index is 3130. The second kappa shape index (κ2) is 42.5. The van der Waals surface area contributed by atoms with Gasteiger partial charge < -0.3 is 206 Å². The van der Waals surface area contributed by atoms with E-state index < -0.39 is 339 Å². The molecule has 49 nitrogen and oxygen atoms in total. The van der Waals surface area contributed by atoms with Crippen molar-refractivity contribution in [3.63, 3.8) is 0 Å². The summed E-state index contributed by atoms with van der Waals surface area (Å²) in [6, 6.07) is -14.5. The van der Waals surface area contributed by atoms with Crippen LogP contribution in [0.4, 0.5) is 0 Å². The Kier molecular flexibility index (Phi) is 35.5. The van der Waals surface area contributed by atoms with Gasteiger partial charge >= 0.3 is 0 Å². The Morgan fingerprint density at radius 3 is 0.708 bits per heavy atom. The molecule has 0 unspecified atom stereocenters. The van der Waals surface area contributed by atoms with Gasteiger partial charge in [-0.1, -0.05) is 0 Å². The first-order valence-corrected chi connectivity index (χ1v) is 35.8. The average molecular weight is 1640 g/mol. The van der Waals surface area contributed by atoms with Gasteiger partial charge in [0.2, 0.25) is 47.3 Å². The summed E-state index contributed by atoms with van der Waals surface area (Å²) in [7, 11) is 0. The van der Waals surface area contributed by atoms with Crippen LogP contribution in [-0.2, 0) is 109 Å². The van der Waals surface area contributed by atoms with Crippen LogP contribution in [0.1, 0.15) is 55.4 Å². The van der Waals surface area contributed by atoms with Gasteiger partial charge in [0, 0.05) is 55.4 Å². The molecule has 39 atom stereocenters. The second-order valence-electron chi connectivity index (χ2n) is 27.9. The maximum Gasteiger partial charge on any atom is 0.217 e. The molecule has 7 saturated heterocycles. The van der Waals surface area contributed by atoms with Crippen molar-refractivity contribution in [2.75, 3.05) is 52.9 Å². The van der Waals surface area contributed by atoms with Crippen molar-refractivity contribution in [3.05, 3.63) is 0 Å². The number of hydrogen-bond acceptors (Lipinski definition) is 41. The minimum atomic E-state index is -2.18. The van der Waals surface area contributed by atoms with E-state index in [2.05, 4.69) is 42.5 Å². The van der Waals surface area contributed by atoms with E-state index in [1.165, 1.54) is 0 Å². The molecule has 0 saturated carbocycles. The van der Waals surface area contributed by atoms with Crippen LogP contribution >= 0.6 is 0 Å². The molecule has 0 radical (unpaired) electrons. The maximum absolute atomic E-state index is 13.1. The van der Waals surface area contributed by atoms with E-state index in [1.54, 1.807) is 0 Å². The normalized spacial score (nSPS) is 41.2. The number of carbonyl (C=O) groups is 9. The standard InChI is InChI=1S/C64H106N8O41/c1-18(82)65-26(9-73)42(91)51(27(90)10-74)107-59-36(67-20(3)84)45(94)53(29(12-76)101-59)109-61-38(69-22(5)86)47(96)55(31(14-78)103-61)111-63-40(71-24(7)88)49(98)57(33(16-80)105-63)113-64-41(72-25(8)89)50(99)56(34(17-81)106-64)112-62-39(70-23(6)87)48(97)54(32(15-79)104-62)110-60-37(68-21(4)85)46(95)52(30(13-77)102-60)108-58-35(66-19(2)83)44(93)43(92)28(11-75)100-58/h9,26-64,74-81,90-99H,10-17H2,1-8H3,(H,65,82)(H,66,83)(H,67,84)(H,68,85)(H,69,86)(H,70,87)(H,71,88)(H,72,89)/t26-,27+,28+,29+,30+,31+,32+,33+,34+,35+,36+,37+,38+,39+,40+,41+,42+,43+,44+,45+,46+,47+,48+,49+,50+,51+,52+,53+,54+,55+,56+,57+,58-,59-,60-,61-,62-,63-,64-/m0/s1. The number of nitrogens with one attached hydrogen (secondary N) is 8. The molecule has 8 amide bonds. The van der Waals surface area contributed by atoms with Gasteiger partial charge in [-0.05, 0) is 0 Å². The number of rotatable bonds is 34. The highest BCUT2D eigenvalue weighted by Gasteiger charge is 2.61. The first-order valence-electron chi connectivity index (χ1n) is 35.8. The summed E-state index contributed by atoms with van der Waals surface area (Å²) in [6.07, 6.45) is -60.4. The number of carbonyl (C=O) groups excluding carboxylic acids is 9. The van der Waals surface area contributed by atoms with Crippen molar-refractivity contribution in [1.29, 1.82) is 0 Å². The van der Waals surface area contributed by atoms with Crippen LogP contribution < -0.4 is 42.5 Å². The molecular weight excluding hydrogens is 1540 g/mol. The van der Waals surface area contributed by atoms with E-state index in [9.17, 15) is 135 Å². The van der Waals surface area contributed by atoms with E-state index >= 15 is 0 Å². The van der Waals surface area contributed by atoms with Gasteiger partial charge in [0.25, 0.3) is 0 Å². The average Bonchev–Trinajstić information content (AvgIpc) is 0.766. The van der Waals surface area contributed by atoms with Crippen LogP contribution in [0.15, 0.2) is 0 Å². The van der Waals surface area contributed by atoms with E-state index in [0.717, 1.165) is 55.4 Å². The van der Waals surface area contributed by atoms with Gasteiger partial charge in [0.1, 0.15) is 201 Å². The summed E-state index contributed by atoms with van der Waals surface area (Å²) in [5.41, 5.74) is 0. The first kappa shape index (κ1) is 94.3. The van der Waals surface area contributed by atoms with Crippen LogP contribution in [0.3, 0.4) is 0 Å². The number of ether oxygens (including phenoxy) is 14. The zero-order valence-corrected chi connectivity index (χ0v) is 62.2.